The Kier molecular flexibility index (Phi) is 4.39. The summed E-state index contributed by atoms with van der Waals surface area (Å²) in [5.41, 5.74) is 4.01. The maximum absolute atomic E-state index is 12.4. The zero-order valence-corrected chi connectivity index (χ0v) is 14.0. The molecule has 0 bridgehead atoms. The van der Waals surface area contributed by atoms with Crippen LogP contribution in [0.15, 0.2) is 60.7 Å². The first-order valence-corrected chi connectivity index (χ1v) is 7.86. The van der Waals surface area contributed by atoms with Crippen molar-refractivity contribution in [2.24, 2.45) is 0 Å². The summed E-state index contributed by atoms with van der Waals surface area (Å²) in [7, 11) is 0. The average Bonchev–Trinajstić information content (AvgIpc) is 2.94. The van der Waals surface area contributed by atoms with Crippen LogP contribution >= 0.6 is 0 Å². The number of anilines is 1. The number of para-hydroxylation sites is 1. The molecule has 126 valence electrons. The second-order valence-electron chi connectivity index (χ2n) is 5.80. The maximum Gasteiger partial charge on any atom is 0.337 e. The van der Waals surface area contributed by atoms with Crippen LogP contribution in [0.2, 0.25) is 0 Å². The molecule has 0 saturated carbocycles. The third-order valence-electron chi connectivity index (χ3n) is 4.06. The number of nitrogens with zero attached hydrogens (tertiary/aromatic N) is 1. The zero-order valence-electron chi connectivity index (χ0n) is 14.0. The van der Waals surface area contributed by atoms with Gasteiger partial charge in [-0.15, -0.1) is 0 Å². The van der Waals surface area contributed by atoms with Crippen LogP contribution in [0.4, 0.5) is 5.69 Å². The average molecular weight is 334 g/mol. The minimum Gasteiger partial charge on any atom is -0.478 e. The van der Waals surface area contributed by atoms with E-state index in [1.165, 1.54) is 6.07 Å². The summed E-state index contributed by atoms with van der Waals surface area (Å²) in [6.45, 7) is 4.05. The summed E-state index contributed by atoms with van der Waals surface area (Å²) in [5.74, 6) is -1.42. The van der Waals surface area contributed by atoms with Gasteiger partial charge in [-0.1, -0.05) is 12.1 Å². The Morgan fingerprint density at radius 1 is 0.880 bits per heavy atom. The smallest absolute Gasteiger partial charge is 0.337 e. The number of carbonyl (C=O) groups is 2. The van der Waals surface area contributed by atoms with Gasteiger partial charge >= 0.3 is 5.97 Å². The molecule has 3 rings (SSSR count). The van der Waals surface area contributed by atoms with Crippen LogP contribution in [0.1, 0.15) is 32.1 Å². The van der Waals surface area contributed by atoms with Crippen molar-refractivity contribution in [3.8, 4) is 5.69 Å². The molecule has 0 atom stereocenters. The minimum atomic E-state index is -1.08. The van der Waals surface area contributed by atoms with Crippen molar-refractivity contribution in [1.29, 1.82) is 0 Å². The molecule has 0 aliphatic carbocycles. The lowest BCUT2D eigenvalue weighted by Crippen LogP contribution is -2.14. The molecule has 1 amide bonds. The van der Waals surface area contributed by atoms with E-state index in [1.807, 2.05) is 38.1 Å². The van der Waals surface area contributed by atoms with Gasteiger partial charge < -0.3 is 15.0 Å². The first kappa shape index (κ1) is 16.5. The molecule has 0 aliphatic heterocycles. The van der Waals surface area contributed by atoms with Gasteiger partial charge in [0.05, 0.1) is 11.3 Å². The highest BCUT2D eigenvalue weighted by Gasteiger charge is 2.13. The van der Waals surface area contributed by atoms with E-state index >= 15 is 0 Å². The zero-order chi connectivity index (χ0) is 18.0. The van der Waals surface area contributed by atoms with E-state index < -0.39 is 5.97 Å². The molecule has 25 heavy (non-hydrogen) atoms. The topological polar surface area (TPSA) is 71.3 Å². The molecule has 0 spiro atoms. The molecule has 2 N–H and O–H groups in total. The molecule has 1 heterocycles. The van der Waals surface area contributed by atoms with Gasteiger partial charge in [-0.3, -0.25) is 4.79 Å². The number of carboxylic acids is 1. The van der Waals surface area contributed by atoms with Crippen LogP contribution in [-0.2, 0) is 0 Å². The van der Waals surface area contributed by atoms with Crippen molar-refractivity contribution in [3.05, 3.63) is 83.2 Å². The van der Waals surface area contributed by atoms with E-state index in [4.69, 9.17) is 0 Å². The Morgan fingerprint density at radius 2 is 1.48 bits per heavy atom. The van der Waals surface area contributed by atoms with Crippen molar-refractivity contribution in [3.63, 3.8) is 0 Å². The summed E-state index contributed by atoms with van der Waals surface area (Å²) >= 11 is 0. The van der Waals surface area contributed by atoms with Crippen LogP contribution in [0.5, 0.6) is 0 Å². The van der Waals surface area contributed by atoms with Gasteiger partial charge in [0.2, 0.25) is 0 Å². The first-order valence-electron chi connectivity index (χ1n) is 7.86. The lowest BCUT2D eigenvalue weighted by molar-refractivity contribution is 0.0698. The van der Waals surface area contributed by atoms with Gasteiger partial charge in [-0.25, -0.2) is 4.79 Å². The lowest BCUT2D eigenvalue weighted by Gasteiger charge is -2.11. The second-order valence-corrected chi connectivity index (χ2v) is 5.80. The first-order chi connectivity index (χ1) is 12.0. The predicted molar refractivity (Wildman–Crippen MR) is 96.6 cm³/mol. The van der Waals surface area contributed by atoms with Crippen LogP contribution < -0.4 is 5.32 Å². The summed E-state index contributed by atoms with van der Waals surface area (Å²) in [6.07, 6.45) is 0. The fraction of sp³-hybridized carbons (Fsp3) is 0.100. The molecule has 3 aromatic rings. The van der Waals surface area contributed by atoms with E-state index in [0.29, 0.717) is 5.56 Å². The number of aryl methyl sites for hydroxylation is 2. The number of hydrogen-bond acceptors (Lipinski definition) is 2. The molecule has 0 fully saturated rings. The fourth-order valence-corrected chi connectivity index (χ4v) is 2.81. The highest BCUT2D eigenvalue weighted by Crippen LogP contribution is 2.19. The molecular formula is C20H18N2O3. The van der Waals surface area contributed by atoms with Crippen LogP contribution in [0.25, 0.3) is 5.69 Å². The number of benzene rings is 2. The number of carboxylic acid groups (broad SMARTS) is 1. The number of nitrogens with one attached hydrogen (secondary N) is 1. The molecular weight excluding hydrogens is 316 g/mol. The molecule has 5 nitrogen and oxygen atoms in total. The lowest BCUT2D eigenvalue weighted by atomic mass is 10.1. The molecule has 2 aromatic carbocycles. The molecule has 0 unspecified atom stereocenters. The van der Waals surface area contributed by atoms with Crippen molar-refractivity contribution < 1.29 is 14.7 Å². The van der Waals surface area contributed by atoms with E-state index in [9.17, 15) is 14.7 Å². The highest BCUT2D eigenvalue weighted by atomic mass is 16.4. The van der Waals surface area contributed by atoms with Crippen molar-refractivity contribution in [1.82, 2.24) is 4.57 Å². The Hall–Kier alpha value is -3.34. The number of aromatic nitrogens is 1. The number of amides is 1. The Morgan fingerprint density at radius 3 is 2.08 bits per heavy atom. The van der Waals surface area contributed by atoms with Crippen LogP contribution in [-0.4, -0.2) is 21.6 Å². The second kappa shape index (κ2) is 6.65. The molecule has 0 saturated heterocycles. The van der Waals surface area contributed by atoms with Gasteiger partial charge in [0.1, 0.15) is 0 Å². The van der Waals surface area contributed by atoms with E-state index in [0.717, 1.165) is 17.1 Å². The summed E-state index contributed by atoms with van der Waals surface area (Å²) in [6, 6.07) is 17.6. The highest BCUT2D eigenvalue weighted by molar-refractivity contribution is 6.07. The third-order valence-corrected chi connectivity index (χ3v) is 4.06. The van der Waals surface area contributed by atoms with Crippen molar-refractivity contribution >= 4 is 17.6 Å². The summed E-state index contributed by atoms with van der Waals surface area (Å²) < 4.78 is 2.10. The third kappa shape index (κ3) is 3.30. The standard InChI is InChI=1S/C20H18N2O3/c1-13-7-8-14(2)22(13)16-11-9-15(10-12-16)19(23)21-18-6-4-3-5-17(18)20(24)25/h3-12H,1-2H3,(H,21,23)(H,24,25). The van der Waals surface area contributed by atoms with E-state index in [2.05, 4.69) is 9.88 Å². The summed E-state index contributed by atoms with van der Waals surface area (Å²) in [5, 5.41) is 11.8. The van der Waals surface area contributed by atoms with E-state index in [1.54, 1.807) is 30.3 Å². The predicted octanol–water partition coefficient (Wildman–Crippen LogP) is 4.04. The Bertz CT molecular complexity index is 920. The van der Waals surface area contributed by atoms with Gasteiger partial charge in [0.15, 0.2) is 0 Å². The van der Waals surface area contributed by atoms with E-state index in [-0.39, 0.29) is 17.2 Å². The maximum atomic E-state index is 12.4. The molecule has 0 aliphatic rings. The molecule has 1 aromatic heterocycles. The van der Waals surface area contributed by atoms with Crippen LogP contribution in [0, 0.1) is 13.8 Å². The number of carbonyl (C=O) groups excluding carboxylic acids is 1. The monoisotopic (exact) mass is 334 g/mol. The minimum absolute atomic E-state index is 0.0612. The van der Waals surface area contributed by atoms with Crippen LogP contribution in [0.3, 0.4) is 0 Å². The quantitative estimate of drug-likeness (QED) is 0.756. The summed E-state index contributed by atoms with van der Waals surface area (Å²) in [4.78, 5) is 23.6. The number of rotatable bonds is 4. The van der Waals surface area contributed by atoms with Gasteiger partial charge in [0, 0.05) is 22.6 Å². The van der Waals surface area contributed by atoms with Gasteiger partial charge in [0.25, 0.3) is 5.91 Å². The van der Waals surface area contributed by atoms with Crippen molar-refractivity contribution in [2.75, 3.05) is 5.32 Å². The largest absolute Gasteiger partial charge is 0.478 e. The van der Waals surface area contributed by atoms with Crippen molar-refractivity contribution in [2.45, 2.75) is 13.8 Å². The normalized spacial score (nSPS) is 10.5. The number of aromatic carboxylic acids is 1. The van der Waals surface area contributed by atoms with Gasteiger partial charge in [-0.05, 0) is 62.4 Å². The number of hydrogen-bond donors (Lipinski definition) is 2. The molecule has 0 radical (unpaired) electrons. The Balaban J connectivity index is 1.84. The molecule has 5 heteroatoms. The SMILES string of the molecule is Cc1ccc(C)n1-c1ccc(C(=O)Nc2ccccc2C(=O)O)cc1. The fourth-order valence-electron chi connectivity index (χ4n) is 2.81. The Labute approximate surface area is 145 Å². The van der Waals surface area contributed by atoms with Gasteiger partial charge in [-0.2, -0.15) is 0 Å².